The van der Waals surface area contributed by atoms with E-state index in [-0.39, 0.29) is 5.88 Å². The predicted octanol–water partition coefficient (Wildman–Crippen LogP) is 1.70. The third-order valence-corrected chi connectivity index (χ3v) is 3.25. The monoisotopic (exact) mass is 288 g/mol. The van der Waals surface area contributed by atoms with Crippen LogP contribution in [0.3, 0.4) is 0 Å². The van der Waals surface area contributed by atoms with Gasteiger partial charge in [0.25, 0.3) is 0 Å². The second-order valence-electron chi connectivity index (χ2n) is 3.70. The zero-order valence-corrected chi connectivity index (χ0v) is 11.4. The van der Waals surface area contributed by atoms with E-state index in [0.29, 0.717) is 30.3 Å². The maximum Gasteiger partial charge on any atom is 0.433 e. The summed E-state index contributed by atoms with van der Waals surface area (Å²) in [6.45, 7) is 2.04. The molecule has 2 N–H and O–H groups in total. The minimum atomic E-state index is -0.626. The zero-order valence-electron chi connectivity index (χ0n) is 10.5. The molecule has 0 aromatic carbocycles. The van der Waals surface area contributed by atoms with Crippen molar-refractivity contribution in [1.29, 1.82) is 0 Å². The first-order valence-corrected chi connectivity index (χ1v) is 6.93. The number of carbonyl (C=O) groups excluding carboxylic acids is 1. The molecule has 0 spiro atoms. The fraction of sp³-hybridized carbons (Fsp3) is 0.545. The summed E-state index contributed by atoms with van der Waals surface area (Å²) >= 11 is 1.49. The summed E-state index contributed by atoms with van der Waals surface area (Å²) in [6.07, 6.45) is 0.492. The molecule has 0 aliphatic heterocycles. The van der Waals surface area contributed by atoms with Crippen molar-refractivity contribution >= 4 is 23.6 Å². The highest BCUT2D eigenvalue weighted by molar-refractivity contribution is 7.98. The van der Waals surface area contributed by atoms with E-state index in [4.69, 9.17) is 14.9 Å². The van der Waals surface area contributed by atoms with Crippen molar-refractivity contribution in [2.24, 2.45) is 5.73 Å². The molecule has 106 valence electrons. The predicted molar refractivity (Wildman–Crippen MR) is 70.7 cm³/mol. The van der Waals surface area contributed by atoms with Crippen LogP contribution in [0.25, 0.3) is 0 Å². The fourth-order valence-corrected chi connectivity index (χ4v) is 2.21. The lowest BCUT2D eigenvalue weighted by Crippen LogP contribution is -2.32. The van der Waals surface area contributed by atoms with Crippen LogP contribution < -0.4 is 5.73 Å². The smallest absolute Gasteiger partial charge is 0.433 e. The molecule has 0 aliphatic carbocycles. The summed E-state index contributed by atoms with van der Waals surface area (Å²) in [4.78, 5) is 21.1. The average Bonchev–Trinajstić information content (AvgIpc) is 2.83. The van der Waals surface area contributed by atoms with Gasteiger partial charge in [0.15, 0.2) is 0 Å². The Morgan fingerprint density at radius 3 is 2.95 bits per heavy atom. The molecule has 0 saturated heterocycles. The Morgan fingerprint density at radius 2 is 2.37 bits per heavy atom. The lowest BCUT2D eigenvalue weighted by atomic mass is 10.2. The summed E-state index contributed by atoms with van der Waals surface area (Å²) in [5.41, 5.74) is 5.63. The van der Waals surface area contributed by atoms with Crippen LogP contribution in [0.15, 0.2) is 16.5 Å². The van der Waals surface area contributed by atoms with E-state index >= 15 is 0 Å². The number of esters is 1. The van der Waals surface area contributed by atoms with Crippen molar-refractivity contribution < 1.29 is 18.9 Å². The first-order chi connectivity index (χ1) is 9.04. The van der Waals surface area contributed by atoms with Crippen molar-refractivity contribution in [3.63, 3.8) is 0 Å². The molecule has 1 aromatic rings. The number of furan rings is 1. The summed E-state index contributed by atoms with van der Waals surface area (Å²) in [5, 5.41) is 10.4. The molecule has 19 heavy (non-hydrogen) atoms. The van der Waals surface area contributed by atoms with Crippen LogP contribution in [0.2, 0.25) is 0 Å². The quantitative estimate of drug-likeness (QED) is 0.335. The van der Waals surface area contributed by atoms with Crippen LogP contribution in [0.4, 0.5) is 5.88 Å². The van der Waals surface area contributed by atoms with Gasteiger partial charge >= 0.3 is 11.9 Å². The average molecular weight is 288 g/mol. The summed E-state index contributed by atoms with van der Waals surface area (Å²) < 4.78 is 9.78. The highest BCUT2D eigenvalue weighted by Gasteiger charge is 2.15. The Morgan fingerprint density at radius 1 is 1.63 bits per heavy atom. The topological polar surface area (TPSA) is 109 Å². The molecule has 0 radical (unpaired) electrons. The Bertz CT molecular complexity index is 434. The molecule has 0 bridgehead atoms. The Balaban J connectivity index is 2.23. The maximum absolute atomic E-state index is 11.2. The highest BCUT2D eigenvalue weighted by Crippen LogP contribution is 2.20. The third-order valence-electron chi connectivity index (χ3n) is 2.23. The normalized spacial score (nSPS) is 12.1. The molecule has 1 atom stereocenters. The fourth-order valence-electron chi connectivity index (χ4n) is 1.29. The molecular weight excluding hydrogens is 272 g/mol. The van der Waals surface area contributed by atoms with Gasteiger partial charge in [0.2, 0.25) is 0 Å². The summed E-state index contributed by atoms with van der Waals surface area (Å²) in [6, 6.07) is 2.26. The molecule has 0 fully saturated rings. The van der Waals surface area contributed by atoms with E-state index in [1.807, 2.05) is 0 Å². The number of hydrogen-bond acceptors (Lipinski definition) is 7. The molecule has 8 heteroatoms. The second-order valence-corrected chi connectivity index (χ2v) is 4.80. The first kappa shape index (κ1) is 15.5. The first-order valence-electron chi connectivity index (χ1n) is 5.77. The van der Waals surface area contributed by atoms with Gasteiger partial charge < -0.3 is 14.9 Å². The number of ether oxygens (including phenoxy) is 1. The van der Waals surface area contributed by atoms with E-state index in [2.05, 4.69) is 0 Å². The van der Waals surface area contributed by atoms with Gasteiger partial charge in [-0.3, -0.25) is 14.9 Å². The minimum absolute atomic E-state index is 0.265. The van der Waals surface area contributed by atoms with Gasteiger partial charge in [0.05, 0.1) is 18.4 Å². The van der Waals surface area contributed by atoms with E-state index in [0.717, 1.165) is 0 Å². The van der Waals surface area contributed by atoms with Crippen LogP contribution in [-0.4, -0.2) is 29.3 Å². The van der Waals surface area contributed by atoms with Crippen molar-refractivity contribution in [3.05, 3.63) is 28.0 Å². The molecular formula is C11H16N2O5S. The van der Waals surface area contributed by atoms with Gasteiger partial charge in [-0.1, -0.05) is 0 Å². The van der Waals surface area contributed by atoms with Gasteiger partial charge in [-0.2, -0.15) is 11.8 Å². The Kier molecular flexibility index (Phi) is 6.37. The molecule has 0 amide bonds. The van der Waals surface area contributed by atoms with Crippen LogP contribution in [-0.2, 0) is 15.3 Å². The van der Waals surface area contributed by atoms with Gasteiger partial charge in [0, 0.05) is 0 Å². The van der Waals surface area contributed by atoms with Gasteiger partial charge in [-0.25, -0.2) is 0 Å². The van der Waals surface area contributed by atoms with Crippen LogP contribution in [0.5, 0.6) is 0 Å². The Hall–Kier alpha value is -1.54. The van der Waals surface area contributed by atoms with Crippen molar-refractivity contribution in [1.82, 2.24) is 0 Å². The number of thioether (sulfide) groups is 1. The van der Waals surface area contributed by atoms with Crippen LogP contribution >= 0.6 is 11.8 Å². The molecule has 1 unspecified atom stereocenters. The number of nitro groups is 1. The summed E-state index contributed by atoms with van der Waals surface area (Å²) in [7, 11) is 0. The largest absolute Gasteiger partial charge is 0.465 e. The van der Waals surface area contributed by atoms with Gasteiger partial charge in [-0.15, -0.1) is 0 Å². The lowest BCUT2D eigenvalue weighted by molar-refractivity contribution is -0.402. The van der Waals surface area contributed by atoms with E-state index < -0.39 is 16.9 Å². The minimum Gasteiger partial charge on any atom is -0.465 e. The van der Waals surface area contributed by atoms with E-state index in [1.54, 1.807) is 13.0 Å². The van der Waals surface area contributed by atoms with Crippen LogP contribution in [0, 0.1) is 10.1 Å². The number of nitrogens with two attached hydrogens (primary N) is 1. The third kappa shape index (κ3) is 5.31. The van der Waals surface area contributed by atoms with Crippen molar-refractivity contribution in [2.75, 3.05) is 12.4 Å². The molecule has 0 saturated carbocycles. The number of rotatable bonds is 8. The lowest BCUT2D eigenvalue weighted by Gasteiger charge is -2.09. The van der Waals surface area contributed by atoms with Gasteiger partial charge in [0.1, 0.15) is 16.7 Å². The molecule has 0 aliphatic rings. The maximum atomic E-state index is 11.2. The number of hydrogen-bond donors (Lipinski definition) is 1. The second kappa shape index (κ2) is 7.80. The number of carbonyl (C=O) groups is 1. The molecule has 1 rings (SSSR count). The zero-order chi connectivity index (χ0) is 14.3. The SMILES string of the molecule is CCOC(=O)C(N)CCSCc1ccc([N+](=O)[O-])o1. The van der Waals surface area contributed by atoms with E-state index in [9.17, 15) is 14.9 Å². The van der Waals surface area contributed by atoms with Crippen molar-refractivity contribution in [2.45, 2.75) is 25.1 Å². The molecule has 7 nitrogen and oxygen atoms in total. The highest BCUT2D eigenvalue weighted by atomic mass is 32.2. The number of nitrogens with zero attached hydrogens (tertiary/aromatic N) is 1. The van der Waals surface area contributed by atoms with E-state index in [1.165, 1.54) is 17.8 Å². The van der Waals surface area contributed by atoms with Gasteiger partial charge in [-0.05, 0) is 25.2 Å². The Labute approximate surface area is 114 Å². The van der Waals surface area contributed by atoms with Crippen molar-refractivity contribution in [3.8, 4) is 0 Å². The standard InChI is InChI=1S/C11H16N2O5S/c1-2-17-11(14)9(12)5-6-19-7-8-3-4-10(18-8)13(15)16/h3-4,9H,2,5-7,12H2,1H3. The summed E-state index contributed by atoms with van der Waals surface area (Å²) in [5.74, 6) is 1.01. The molecule has 1 aromatic heterocycles. The van der Waals surface area contributed by atoms with Crippen LogP contribution in [0.1, 0.15) is 19.1 Å². The molecule has 1 heterocycles.